The third-order valence-electron chi connectivity index (χ3n) is 4.49. The molecule has 0 bridgehead atoms. The summed E-state index contributed by atoms with van der Waals surface area (Å²) in [6.45, 7) is 3.64. The van der Waals surface area contributed by atoms with Gasteiger partial charge in [0.05, 0.1) is 12.7 Å². The topological polar surface area (TPSA) is 43.7 Å². The third-order valence-corrected chi connectivity index (χ3v) is 4.49. The summed E-state index contributed by atoms with van der Waals surface area (Å²) in [4.78, 5) is 2.17. The molecule has 116 valence electrons. The zero-order valence-corrected chi connectivity index (χ0v) is 12.9. The number of hydrogen-bond acceptors (Lipinski definition) is 3. The average molecular weight is 297 g/mol. The zero-order valence-electron chi connectivity index (χ0n) is 12.9. The van der Waals surface area contributed by atoms with Crippen molar-refractivity contribution in [1.29, 1.82) is 0 Å². The largest absolute Gasteiger partial charge is 0.395 e. The first-order valence-electron chi connectivity index (χ1n) is 7.85. The van der Waals surface area contributed by atoms with Gasteiger partial charge in [-0.25, -0.2) is 0 Å². The fraction of sp³-hybridized carbons (Fsp3) is 0.368. The van der Waals surface area contributed by atoms with Crippen LogP contribution >= 0.6 is 0 Å². The van der Waals surface area contributed by atoms with Gasteiger partial charge in [-0.1, -0.05) is 42.5 Å². The van der Waals surface area contributed by atoms with E-state index in [1.54, 1.807) is 0 Å². The van der Waals surface area contributed by atoms with Crippen molar-refractivity contribution in [3.8, 4) is 11.1 Å². The molecule has 1 saturated heterocycles. The molecule has 3 heteroatoms. The molecular formula is C19H23NO2. The van der Waals surface area contributed by atoms with Crippen molar-refractivity contribution in [3.05, 3.63) is 59.7 Å². The maximum Gasteiger partial charge on any atom is 0.0683 e. The van der Waals surface area contributed by atoms with Crippen LogP contribution in [0.2, 0.25) is 0 Å². The van der Waals surface area contributed by atoms with Crippen molar-refractivity contribution < 1.29 is 10.2 Å². The smallest absolute Gasteiger partial charge is 0.0683 e. The molecule has 0 spiro atoms. The second-order valence-electron chi connectivity index (χ2n) is 6.17. The lowest BCUT2D eigenvalue weighted by molar-refractivity contribution is 0.150. The van der Waals surface area contributed by atoms with Crippen molar-refractivity contribution in [1.82, 2.24) is 4.90 Å². The molecule has 1 aliphatic rings. The number of nitrogens with zero attached hydrogens (tertiary/aromatic N) is 1. The molecular weight excluding hydrogens is 274 g/mol. The number of aryl methyl sites for hydroxylation is 1. The maximum absolute atomic E-state index is 9.80. The van der Waals surface area contributed by atoms with Gasteiger partial charge in [0, 0.05) is 19.1 Å². The molecule has 2 N–H and O–H groups in total. The van der Waals surface area contributed by atoms with E-state index in [1.165, 1.54) is 22.3 Å². The Labute approximate surface area is 131 Å². The molecule has 2 atom stereocenters. The Balaban J connectivity index is 1.81. The summed E-state index contributed by atoms with van der Waals surface area (Å²) in [5.74, 6) is 0. The lowest BCUT2D eigenvalue weighted by Gasteiger charge is -2.22. The summed E-state index contributed by atoms with van der Waals surface area (Å²) in [7, 11) is 0. The number of β-amino-alcohol motifs (C(OH)–C–C–N with tert-alkyl or cyclic N) is 1. The van der Waals surface area contributed by atoms with Gasteiger partial charge in [-0.15, -0.1) is 0 Å². The Kier molecular flexibility index (Phi) is 4.57. The van der Waals surface area contributed by atoms with Crippen LogP contribution in [0.15, 0.2) is 48.5 Å². The van der Waals surface area contributed by atoms with Gasteiger partial charge >= 0.3 is 0 Å². The van der Waals surface area contributed by atoms with Crippen molar-refractivity contribution in [2.45, 2.75) is 32.0 Å². The minimum absolute atomic E-state index is 0.0668. The highest BCUT2D eigenvalue weighted by molar-refractivity contribution is 5.67. The van der Waals surface area contributed by atoms with Crippen molar-refractivity contribution >= 4 is 0 Å². The predicted molar refractivity (Wildman–Crippen MR) is 88.5 cm³/mol. The molecule has 0 unspecified atom stereocenters. The highest BCUT2D eigenvalue weighted by Crippen LogP contribution is 2.26. The summed E-state index contributed by atoms with van der Waals surface area (Å²) in [6, 6.07) is 17.0. The first-order valence-corrected chi connectivity index (χ1v) is 7.85. The number of likely N-dealkylation sites (tertiary alicyclic amines) is 1. The summed E-state index contributed by atoms with van der Waals surface area (Å²) in [5.41, 5.74) is 4.96. The summed E-state index contributed by atoms with van der Waals surface area (Å²) in [5, 5.41) is 19.2. The fourth-order valence-electron chi connectivity index (χ4n) is 3.31. The highest BCUT2D eigenvalue weighted by Gasteiger charge is 2.30. The number of aliphatic hydroxyl groups excluding tert-OH is 2. The number of benzene rings is 2. The van der Waals surface area contributed by atoms with Gasteiger partial charge in [0.2, 0.25) is 0 Å². The Morgan fingerprint density at radius 1 is 1.14 bits per heavy atom. The van der Waals surface area contributed by atoms with E-state index in [0.29, 0.717) is 13.0 Å². The lowest BCUT2D eigenvalue weighted by atomic mass is 9.99. The van der Waals surface area contributed by atoms with Crippen LogP contribution in [0, 0.1) is 6.92 Å². The van der Waals surface area contributed by atoms with Crippen molar-refractivity contribution in [3.63, 3.8) is 0 Å². The van der Waals surface area contributed by atoms with E-state index in [1.807, 2.05) is 0 Å². The van der Waals surface area contributed by atoms with Gasteiger partial charge in [0.15, 0.2) is 0 Å². The minimum Gasteiger partial charge on any atom is -0.395 e. The van der Waals surface area contributed by atoms with E-state index in [2.05, 4.69) is 60.4 Å². The molecule has 2 aromatic carbocycles. The standard InChI is InChI=1S/C19H23NO2/c1-14-5-2-3-8-19(14)16-7-4-6-15(9-16)11-20-12-18(22)10-17(20)13-21/h2-9,17-18,21-22H,10-13H2,1H3/t17-,18-/m0/s1. The second kappa shape index (κ2) is 6.61. The fourth-order valence-corrected chi connectivity index (χ4v) is 3.31. The van der Waals surface area contributed by atoms with E-state index < -0.39 is 0 Å². The van der Waals surface area contributed by atoms with Gasteiger partial charge in [0.1, 0.15) is 0 Å². The first-order chi connectivity index (χ1) is 10.7. The van der Waals surface area contributed by atoms with Crippen LogP contribution in [-0.2, 0) is 6.54 Å². The Bertz CT molecular complexity index is 641. The van der Waals surface area contributed by atoms with Crippen LogP contribution in [-0.4, -0.2) is 40.4 Å². The molecule has 1 aliphatic heterocycles. The van der Waals surface area contributed by atoms with Crippen molar-refractivity contribution in [2.24, 2.45) is 0 Å². The molecule has 1 fully saturated rings. The molecule has 0 aromatic heterocycles. The SMILES string of the molecule is Cc1ccccc1-c1cccc(CN2C[C@@H](O)C[C@H]2CO)c1. The van der Waals surface area contributed by atoms with Crippen LogP contribution in [0.5, 0.6) is 0 Å². The molecule has 0 radical (unpaired) electrons. The van der Waals surface area contributed by atoms with Gasteiger partial charge < -0.3 is 10.2 Å². The lowest BCUT2D eigenvalue weighted by Crippen LogP contribution is -2.31. The second-order valence-corrected chi connectivity index (χ2v) is 6.17. The van der Waals surface area contributed by atoms with E-state index in [-0.39, 0.29) is 18.8 Å². The number of hydrogen-bond donors (Lipinski definition) is 2. The molecule has 3 rings (SSSR count). The molecule has 1 heterocycles. The normalized spacial score (nSPS) is 22.1. The molecule has 0 saturated carbocycles. The van der Waals surface area contributed by atoms with Crippen LogP contribution < -0.4 is 0 Å². The highest BCUT2D eigenvalue weighted by atomic mass is 16.3. The summed E-state index contributed by atoms with van der Waals surface area (Å²) in [6.07, 6.45) is 0.338. The molecule has 22 heavy (non-hydrogen) atoms. The number of aliphatic hydroxyl groups is 2. The monoisotopic (exact) mass is 297 g/mol. The molecule has 2 aromatic rings. The molecule has 3 nitrogen and oxygen atoms in total. The quantitative estimate of drug-likeness (QED) is 0.911. The van der Waals surface area contributed by atoms with E-state index >= 15 is 0 Å². The van der Waals surface area contributed by atoms with Crippen LogP contribution in [0.25, 0.3) is 11.1 Å². The zero-order chi connectivity index (χ0) is 15.5. The molecule has 0 amide bonds. The van der Waals surface area contributed by atoms with Gasteiger partial charge in [0.25, 0.3) is 0 Å². The van der Waals surface area contributed by atoms with Crippen LogP contribution in [0.3, 0.4) is 0 Å². The van der Waals surface area contributed by atoms with Gasteiger partial charge in [-0.2, -0.15) is 0 Å². The Hall–Kier alpha value is -1.68. The van der Waals surface area contributed by atoms with E-state index in [4.69, 9.17) is 0 Å². The van der Waals surface area contributed by atoms with E-state index in [9.17, 15) is 10.2 Å². The van der Waals surface area contributed by atoms with Crippen LogP contribution in [0.1, 0.15) is 17.5 Å². The Morgan fingerprint density at radius 2 is 1.95 bits per heavy atom. The van der Waals surface area contributed by atoms with Crippen molar-refractivity contribution in [2.75, 3.05) is 13.2 Å². The van der Waals surface area contributed by atoms with E-state index in [0.717, 1.165) is 6.54 Å². The summed E-state index contributed by atoms with van der Waals surface area (Å²) >= 11 is 0. The number of rotatable bonds is 4. The Morgan fingerprint density at radius 3 is 2.73 bits per heavy atom. The minimum atomic E-state index is -0.322. The third kappa shape index (κ3) is 3.22. The summed E-state index contributed by atoms with van der Waals surface area (Å²) < 4.78 is 0. The van der Waals surface area contributed by atoms with Gasteiger partial charge in [-0.3, -0.25) is 4.90 Å². The van der Waals surface area contributed by atoms with Gasteiger partial charge in [-0.05, 0) is 41.7 Å². The predicted octanol–water partition coefficient (Wildman–Crippen LogP) is 2.59. The van der Waals surface area contributed by atoms with Crippen LogP contribution in [0.4, 0.5) is 0 Å². The average Bonchev–Trinajstić information content (AvgIpc) is 2.87. The molecule has 0 aliphatic carbocycles. The maximum atomic E-state index is 9.80. The first kappa shape index (κ1) is 15.2.